The lowest BCUT2D eigenvalue weighted by Gasteiger charge is -2.27. The minimum atomic E-state index is 0.491. The molecule has 0 aliphatic carbocycles. The Bertz CT molecular complexity index is 542. The number of rotatable bonds is 2. The van der Waals surface area contributed by atoms with Crippen molar-refractivity contribution in [2.24, 2.45) is 0 Å². The summed E-state index contributed by atoms with van der Waals surface area (Å²) in [6.07, 6.45) is 0.997. The summed E-state index contributed by atoms with van der Waals surface area (Å²) in [5.41, 5.74) is 3.63. The first kappa shape index (κ1) is 11.6. The van der Waals surface area contributed by atoms with E-state index in [9.17, 15) is 0 Å². The quantitative estimate of drug-likeness (QED) is 0.830. The van der Waals surface area contributed by atoms with Crippen LogP contribution in [0.2, 0.25) is 5.15 Å². The van der Waals surface area contributed by atoms with E-state index in [1.54, 1.807) is 0 Å². The van der Waals surface area contributed by atoms with Crippen LogP contribution in [0.25, 0.3) is 0 Å². The maximum absolute atomic E-state index is 5.86. The SMILES string of the molecule is Clc1cc2c(nn1)CN(Cc1ccccc1)CC2. The van der Waals surface area contributed by atoms with E-state index in [1.165, 1.54) is 11.1 Å². The largest absolute Gasteiger partial charge is 0.293 e. The monoisotopic (exact) mass is 259 g/mol. The average molecular weight is 260 g/mol. The molecule has 18 heavy (non-hydrogen) atoms. The first-order chi connectivity index (χ1) is 8.81. The molecule has 0 saturated carbocycles. The van der Waals surface area contributed by atoms with Gasteiger partial charge in [-0.2, -0.15) is 5.10 Å². The second-order valence-corrected chi connectivity index (χ2v) is 4.97. The summed E-state index contributed by atoms with van der Waals surface area (Å²) in [5.74, 6) is 0. The van der Waals surface area contributed by atoms with Gasteiger partial charge in [-0.1, -0.05) is 41.9 Å². The maximum atomic E-state index is 5.86. The molecule has 1 aromatic carbocycles. The summed E-state index contributed by atoms with van der Waals surface area (Å²) in [7, 11) is 0. The van der Waals surface area contributed by atoms with Crippen molar-refractivity contribution in [3.63, 3.8) is 0 Å². The van der Waals surface area contributed by atoms with E-state index in [0.29, 0.717) is 5.15 Å². The van der Waals surface area contributed by atoms with Crippen molar-refractivity contribution < 1.29 is 0 Å². The van der Waals surface area contributed by atoms with Crippen LogP contribution in [0.5, 0.6) is 0 Å². The fourth-order valence-electron chi connectivity index (χ4n) is 2.32. The highest BCUT2D eigenvalue weighted by Crippen LogP contribution is 2.20. The minimum absolute atomic E-state index is 0.491. The van der Waals surface area contributed by atoms with E-state index in [1.807, 2.05) is 12.1 Å². The Morgan fingerprint density at radius 1 is 1.17 bits per heavy atom. The van der Waals surface area contributed by atoms with Gasteiger partial charge in [0.05, 0.1) is 5.69 Å². The lowest BCUT2D eigenvalue weighted by atomic mass is 10.1. The van der Waals surface area contributed by atoms with E-state index in [0.717, 1.165) is 31.7 Å². The predicted octanol–water partition coefficient (Wildman–Crippen LogP) is 2.69. The number of aromatic nitrogens is 2. The molecule has 4 heteroatoms. The molecule has 1 aliphatic rings. The van der Waals surface area contributed by atoms with E-state index >= 15 is 0 Å². The number of hydrogen-bond acceptors (Lipinski definition) is 3. The minimum Gasteiger partial charge on any atom is -0.293 e. The van der Waals surface area contributed by atoms with Crippen molar-refractivity contribution in [3.8, 4) is 0 Å². The van der Waals surface area contributed by atoms with Crippen LogP contribution in [0.3, 0.4) is 0 Å². The van der Waals surface area contributed by atoms with Crippen molar-refractivity contribution in [3.05, 3.63) is 58.4 Å². The van der Waals surface area contributed by atoms with E-state index < -0.39 is 0 Å². The molecule has 0 saturated heterocycles. The van der Waals surface area contributed by atoms with Crippen LogP contribution < -0.4 is 0 Å². The molecule has 0 spiro atoms. The summed E-state index contributed by atoms with van der Waals surface area (Å²) in [6.45, 7) is 2.86. The molecule has 0 fully saturated rings. The molecule has 2 aromatic rings. The summed E-state index contributed by atoms with van der Waals surface area (Å²) in [4.78, 5) is 2.39. The highest BCUT2D eigenvalue weighted by Gasteiger charge is 2.18. The van der Waals surface area contributed by atoms with Crippen molar-refractivity contribution >= 4 is 11.6 Å². The van der Waals surface area contributed by atoms with Crippen molar-refractivity contribution in [1.29, 1.82) is 0 Å². The van der Waals surface area contributed by atoms with E-state index in [-0.39, 0.29) is 0 Å². The summed E-state index contributed by atoms with van der Waals surface area (Å²) in [6, 6.07) is 12.4. The van der Waals surface area contributed by atoms with Gasteiger partial charge in [0, 0.05) is 19.6 Å². The Hall–Kier alpha value is -1.45. The molecule has 2 heterocycles. The van der Waals surface area contributed by atoms with Gasteiger partial charge in [0.2, 0.25) is 0 Å². The van der Waals surface area contributed by atoms with Gasteiger partial charge in [-0.3, -0.25) is 4.90 Å². The second-order valence-electron chi connectivity index (χ2n) is 4.59. The molecule has 0 unspecified atom stereocenters. The standard InChI is InChI=1S/C14H14ClN3/c15-14-8-12-6-7-18(10-13(12)16-17-14)9-11-4-2-1-3-5-11/h1-5,8H,6-7,9-10H2. The molecule has 3 rings (SSSR count). The first-order valence-corrected chi connectivity index (χ1v) is 6.46. The Kier molecular flexibility index (Phi) is 3.26. The van der Waals surface area contributed by atoms with Crippen LogP contribution in [0.1, 0.15) is 16.8 Å². The number of halogens is 1. The number of nitrogens with zero attached hydrogens (tertiary/aromatic N) is 3. The highest BCUT2D eigenvalue weighted by atomic mass is 35.5. The number of fused-ring (bicyclic) bond motifs is 1. The molecule has 0 N–H and O–H groups in total. The summed E-state index contributed by atoms with van der Waals surface area (Å²) < 4.78 is 0. The van der Waals surface area contributed by atoms with E-state index in [4.69, 9.17) is 11.6 Å². The third-order valence-corrected chi connectivity index (χ3v) is 3.43. The van der Waals surface area contributed by atoms with Crippen LogP contribution in [-0.4, -0.2) is 21.6 Å². The van der Waals surface area contributed by atoms with Gasteiger partial charge < -0.3 is 0 Å². The molecule has 1 aromatic heterocycles. The van der Waals surface area contributed by atoms with Crippen molar-refractivity contribution in [2.45, 2.75) is 19.5 Å². The van der Waals surface area contributed by atoms with Gasteiger partial charge in [0.15, 0.2) is 5.15 Å². The summed E-state index contributed by atoms with van der Waals surface area (Å²) >= 11 is 5.86. The van der Waals surface area contributed by atoms with Crippen LogP contribution >= 0.6 is 11.6 Å². The molecule has 92 valence electrons. The van der Waals surface area contributed by atoms with Crippen molar-refractivity contribution in [1.82, 2.24) is 15.1 Å². The van der Waals surface area contributed by atoms with Crippen LogP contribution in [-0.2, 0) is 19.5 Å². The smallest absolute Gasteiger partial charge is 0.152 e. The Labute approximate surface area is 111 Å². The number of hydrogen-bond donors (Lipinski definition) is 0. The third kappa shape index (κ3) is 2.52. The molecular weight excluding hydrogens is 246 g/mol. The fraction of sp³-hybridized carbons (Fsp3) is 0.286. The van der Waals surface area contributed by atoms with Crippen LogP contribution in [0.15, 0.2) is 36.4 Å². The molecule has 0 atom stereocenters. The maximum Gasteiger partial charge on any atom is 0.152 e. The molecule has 0 radical (unpaired) electrons. The van der Waals surface area contributed by atoms with Gasteiger partial charge in [-0.15, -0.1) is 5.10 Å². The highest BCUT2D eigenvalue weighted by molar-refractivity contribution is 6.29. The Morgan fingerprint density at radius 3 is 2.83 bits per heavy atom. The molecule has 0 bridgehead atoms. The molecular formula is C14H14ClN3. The third-order valence-electron chi connectivity index (χ3n) is 3.25. The van der Waals surface area contributed by atoms with Gasteiger partial charge in [-0.25, -0.2) is 0 Å². The van der Waals surface area contributed by atoms with E-state index in [2.05, 4.69) is 39.4 Å². The topological polar surface area (TPSA) is 29.0 Å². The zero-order valence-electron chi connectivity index (χ0n) is 10.0. The summed E-state index contributed by atoms with van der Waals surface area (Å²) in [5, 5.41) is 8.60. The molecule has 1 aliphatic heterocycles. The lowest BCUT2D eigenvalue weighted by molar-refractivity contribution is 0.240. The Balaban J connectivity index is 1.73. The first-order valence-electron chi connectivity index (χ1n) is 6.08. The van der Waals surface area contributed by atoms with Crippen LogP contribution in [0, 0.1) is 0 Å². The Morgan fingerprint density at radius 2 is 2.00 bits per heavy atom. The zero-order chi connectivity index (χ0) is 12.4. The lowest BCUT2D eigenvalue weighted by Crippen LogP contribution is -2.31. The fourth-order valence-corrected chi connectivity index (χ4v) is 2.49. The van der Waals surface area contributed by atoms with Crippen molar-refractivity contribution in [2.75, 3.05) is 6.54 Å². The number of benzene rings is 1. The predicted molar refractivity (Wildman–Crippen MR) is 71.3 cm³/mol. The van der Waals surface area contributed by atoms with Gasteiger partial charge in [-0.05, 0) is 23.6 Å². The molecule has 3 nitrogen and oxygen atoms in total. The van der Waals surface area contributed by atoms with Crippen LogP contribution in [0.4, 0.5) is 0 Å². The molecule has 0 amide bonds. The zero-order valence-corrected chi connectivity index (χ0v) is 10.8. The van der Waals surface area contributed by atoms with Gasteiger partial charge >= 0.3 is 0 Å². The average Bonchev–Trinajstić information content (AvgIpc) is 2.40. The van der Waals surface area contributed by atoms with Gasteiger partial charge in [0.1, 0.15) is 0 Å². The van der Waals surface area contributed by atoms with Gasteiger partial charge in [0.25, 0.3) is 0 Å². The second kappa shape index (κ2) is 5.04. The normalized spacial score (nSPS) is 15.4.